The van der Waals surface area contributed by atoms with Crippen LogP contribution in [0.4, 0.5) is 0 Å². The molecule has 0 saturated heterocycles. The molecule has 2 nitrogen and oxygen atoms in total. The van der Waals surface area contributed by atoms with Gasteiger partial charge in [-0.1, -0.05) is 32.9 Å². The Labute approximate surface area is 112 Å². The van der Waals surface area contributed by atoms with Crippen LogP contribution in [-0.4, -0.2) is 18.7 Å². The van der Waals surface area contributed by atoms with Gasteiger partial charge in [-0.25, -0.2) is 0 Å². The summed E-state index contributed by atoms with van der Waals surface area (Å²) >= 11 is 0. The van der Waals surface area contributed by atoms with E-state index in [0.29, 0.717) is 6.61 Å². The lowest BCUT2D eigenvalue weighted by atomic mass is 9.87. The Morgan fingerprint density at radius 3 is 2.28 bits per heavy atom. The molecule has 0 aliphatic carbocycles. The van der Waals surface area contributed by atoms with E-state index in [2.05, 4.69) is 65.1 Å². The Hall–Kier alpha value is -1.02. The predicted octanol–water partition coefficient (Wildman–Crippen LogP) is 3.75. The second kappa shape index (κ2) is 5.75. The average Bonchev–Trinajstić information content (AvgIpc) is 2.22. The van der Waals surface area contributed by atoms with Crippen molar-refractivity contribution < 1.29 is 4.74 Å². The number of hydrogen-bond donors (Lipinski definition) is 1. The molecule has 1 rings (SSSR count). The molecule has 0 saturated carbocycles. The molecule has 0 unspecified atom stereocenters. The molecular formula is C16H27NO. The van der Waals surface area contributed by atoms with Crippen LogP contribution in [0.3, 0.4) is 0 Å². The Bertz CT molecular complexity index is 371. The minimum atomic E-state index is 0.149. The van der Waals surface area contributed by atoms with E-state index >= 15 is 0 Å². The second-order valence-electron chi connectivity index (χ2n) is 6.80. The van der Waals surface area contributed by atoms with E-state index < -0.39 is 0 Å². The molecule has 1 aromatic rings. The molecule has 18 heavy (non-hydrogen) atoms. The highest BCUT2D eigenvalue weighted by Gasteiger charge is 2.14. The summed E-state index contributed by atoms with van der Waals surface area (Å²) in [4.78, 5) is 0. The third kappa shape index (κ3) is 5.54. The van der Waals surface area contributed by atoms with Crippen LogP contribution in [0, 0.1) is 0 Å². The summed E-state index contributed by atoms with van der Waals surface area (Å²) in [5.74, 6) is 0.957. The van der Waals surface area contributed by atoms with Crippen molar-refractivity contribution in [3.8, 4) is 5.75 Å². The zero-order valence-corrected chi connectivity index (χ0v) is 12.6. The van der Waals surface area contributed by atoms with Crippen molar-refractivity contribution in [2.24, 2.45) is 0 Å². The van der Waals surface area contributed by atoms with Crippen molar-refractivity contribution in [1.29, 1.82) is 0 Å². The molecule has 0 radical (unpaired) electrons. The first-order valence-electron chi connectivity index (χ1n) is 6.67. The normalized spacial score (nSPS) is 12.6. The van der Waals surface area contributed by atoms with Gasteiger partial charge in [0.1, 0.15) is 12.4 Å². The highest BCUT2D eigenvalue weighted by Crippen LogP contribution is 2.25. The van der Waals surface area contributed by atoms with Crippen LogP contribution < -0.4 is 10.1 Å². The lowest BCUT2D eigenvalue weighted by Gasteiger charge is -2.21. The van der Waals surface area contributed by atoms with Crippen molar-refractivity contribution >= 4 is 0 Å². The van der Waals surface area contributed by atoms with E-state index in [1.807, 2.05) is 6.07 Å². The first kappa shape index (κ1) is 15.0. The summed E-state index contributed by atoms with van der Waals surface area (Å²) < 4.78 is 5.77. The van der Waals surface area contributed by atoms with Crippen molar-refractivity contribution in [2.75, 3.05) is 13.2 Å². The number of benzene rings is 1. The maximum absolute atomic E-state index is 5.77. The summed E-state index contributed by atoms with van der Waals surface area (Å²) in [6.45, 7) is 14.7. The standard InChI is InChI=1S/C16H27NO/c1-15(2,3)13-8-7-9-14(12-13)18-11-10-17-16(4,5)6/h7-9,12,17H,10-11H2,1-6H3. The third-order valence-electron chi connectivity index (χ3n) is 2.73. The van der Waals surface area contributed by atoms with Crippen LogP contribution in [0.1, 0.15) is 47.1 Å². The molecule has 0 aliphatic rings. The maximum Gasteiger partial charge on any atom is 0.119 e. The molecule has 0 atom stereocenters. The summed E-state index contributed by atoms with van der Waals surface area (Å²) in [6.07, 6.45) is 0. The minimum absolute atomic E-state index is 0.149. The van der Waals surface area contributed by atoms with Gasteiger partial charge in [-0.2, -0.15) is 0 Å². The van der Waals surface area contributed by atoms with Crippen molar-refractivity contribution in [1.82, 2.24) is 5.32 Å². The smallest absolute Gasteiger partial charge is 0.119 e. The number of rotatable bonds is 4. The zero-order chi connectivity index (χ0) is 13.8. The van der Waals surface area contributed by atoms with Gasteiger partial charge in [0.05, 0.1) is 0 Å². The van der Waals surface area contributed by atoms with Crippen molar-refractivity contribution in [3.05, 3.63) is 29.8 Å². The molecule has 2 heteroatoms. The summed E-state index contributed by atoms with van der Waals surface area (Å²) in [7, 11) is 0. The molecule has 0 spiro atoms. The van der Waals surface area contributed by atoms with Crippen molar-refractivity contribution in [3.63, 3.8) is 0 Å². The van der Waals surface area contributed by atoms with Gasteiger partial charge in [-0.3, -0.25) is 0 Å². The van der Waals surface area contributed by atoms with Gasteiger partial charge in [0.15, 0.2) is 0 Å². The highest BCUT2D eigenvalue weighted by atomic mass is 16.5. The SMILES string of the molecule is CC(C)(C)NCCOc1cccc(C(C)(C)C)c1. The lowest BCUT2D eigenvalue weighted by molar-refractivity contribution is 0.290. The quantitative estimate of drug-likeness (QED) is 0.821. The molecule has 0 amide bonds. The molecule has 1 N–H and O–H groups in total. The first-order chi connectivity index (χ1) is 8.18. The Balaban J connectivity index is 2.49. The fourth-order valence-corrected chi connectivity index (χ4v) is 1.65. The van der Waals surface area contributed by atoms with Crippen LogP contribution >= 0.6 is 0 Å². The Morgan fingerprint density at radius 1 is 1.06 bits per heavy atom. The molecule has 102 valence electrons. The Kier molecular flexibility index (Phi) is 4.80. The molecule has 0 aliphatic heterocycles. The fraction of sp³-hybridized carbons (Fsp3) is 0.625. The van der Waals surface area contributed by atoms with E-state index in [1.165, 1.54) is 5.56 Å². The summed E-state index contributed by atoms with van der Waals surface area (Å²) in [5.41, 5.74) is 1.63. The number of hydrogen-bond acceptors (Lipinski definition) is 2. The van der Waals surface area contributed by atoms with Crippen LogP contribution in [0.15, 0.2) is 24.3 Å². The largest absolute Gasteiger partial charge is 0.492 e. The molecule has 0 aromatic heterocycles. The molecular weight excluding hydrogens is 222 g/mol. The minimum Gasteiger partial charge on any atom is -0.492 e. The molecule has 0 heterocycles. The summed E-state index contributed by atoms with van der Waals surface area (Å²) in [5, 5.41) is 3.41. The van der Waals surface area contributed by atoms with Gasteiger partial charge in [-0.15, -0.1) is 0 Å². The predicted molar refractivity (Wildman–Crippen MR) is 78.4 cm³/mol. The monoisotopic (exact) mass is 249 g/mol. The maximum atomic E-state index is 5.77. The fourth-order valence-electron chi connectivity index (χ4n) is 1.65. The third-order valence-corrected chi connectivity index (χ3v) is 2.73. The van der Waals surface area contributed by atoms with Gasteiger partial charge in [0.2, 0.25) is 0 Å². The van der Waals surface area contributed by atoms with E-state index in [4.69, 9.17) is 4.74 Å². The number of ether oxygens (including phenoxy) is 1. The van der Waals surface area contributed by atoms with Crippen LogP contribution in [0.25, 0.3) is 0 Å². The lowest BCUT2D eigenvalue weighted by Crippen LogP contribution is -2.38. The van der Waals surface area contributed by atoms with E-state index in [1.54, 1.807) is 0 Å². The van der Waals surface area contributed by atoms with E-state index in [-0.39, 0.29) is 11.0 Å². The number of nitrogens with one attached hydrogen (secondary N) is 1. The van der Waals surface area contributed by atoms with Gasteiger partial charge >= 0.3 is 0 Å². The first-order valence-corrected chi connectivity index (χ1v) is 6.67. The topological polar surface area (TPSA) is 21.3 Å². The average molecular weight is 249 g/mol. The van der Waals surface area contributed by atoms with E-state index in [9.17, 15) is 0 Å². The van der Waals surface area contributed by atoms with E-state index in [0.717, 1.165) is 12.3 Å². The molecule has 1 aromatic carbocycles. The van der Waals surface area contributed by atoms with Crippen molar-refractivity contribution in [2.45, 2.75) is 52.5 Å². The van der Waals surface area contributed by atoms with Gasteiger partial charge in [0, 0.05) is 12.1 Å². The second-order valence-corrected chi connectivity index (χ2v) is 6.80. The highest BCUT2D eigenvalue weighted by molar-refractivity contribution is 5.32. The van der Waals surface area contributed by atoms with Gasteiger partial charge < -0.3 is 10.1 Å². The summed E-state index contributed by atoms with van der Waals surface area (Å²) in [6, 6.07) is 8.37. The zero-order valence-electron chi connectivity index (χ0n) is 12.6. The molecule has 0 fully saturated rings. The van der Waals surface area contributed by atoms with Crippen LogP contribution in [0.2, 0.25) is 0 Å². The van der Waals surface area contributed by atoms with Gasteiger partial charge in [0.25, 0.3) is 0 Å². The van der Waals surface area contributed by atoms with Gasteiger partial charge in [-0.05, 0) is 43.9 Å². The van der Waals surface area contributed by atoms with Crippen LogP contribution in [-0.2, 0) is 5.41 Å². The Morgan fingerprint density at radius 2 is 1.72 bits per heavy atom. The molecule has 0 bridgehead atoms. The van der Waals surface area contributed by atoms with Crippen LogP contribution in [0.5, 0.6) is 5.75 Å².